The Morgan fingerprint density at radius 1 is 0.839 bits per heavy atom. The van der Waals surface area contributed by atoms with Crippen molar-refractivity contribution in [3.63, 3.8) is 0 Å². The Morgan fingerprint density at radius 2 is 1.32 bits per heavy atom. The molecule has 0 heterocycles. The van der Waals surface area contributed by atoms with Gasteiger partial charge < -0.3 is 15.4 Å². The lowest BCUT2D eigenvalue weighted by atomic mass is 10.0. The highest BCUT2D eigenvalue weighted by molar-refractivity contribution is 7.80. The summed E-state index contributed by atoms with van der Waals surface area (Å²) < 4.78 is 5.40. The minimum absolute atomic E-state index is 0.0810. The van der Waals surface area contributed by atoms with Gasteiger partial charge in [-0.2, -0.15) is 0 Å². The molecule has 0 bridgehead atoms. The molecule has 0 atom stereocenters. The summed E-state index contributed by atoms with van der Waals surface area (Å²) in [6.45, 7) is 2.98. The largest absolute Gasteiger partial charge is 0.484 e. The van der Waals surface area contributed by atoms with Gasteiger partial charge in [-0.1, -0.05) is 102 Å². The fourth-order valence-electron chi connectivity index (χ4n) is 3.41. The standard InChI is InChI=1S/C25H41ClN2O2S/c1-2-3-4-5-6-7-8-9-10-11-12-13-14-15-20-27-25(31)28-24(29)21-30-23-18-16-22(26)17-19-23/h16-19H,2-15,20-21H2,1H3,(H2,27,28,29,31). The van der Waals surface area contributed by atoms with Crippen molar-refractivity contribution in [1.29, 1.82) is 0 Å². The van der Waals surface area contributed by atoms with E-state index in [1.165, 1.54) is 83.5 Å². The maximum atomic E-state index is 11.9. The summed E-state index contributed by atoms with van der Waals surface area (Å²) in [5.74, 6) is 0.328. The number of nitrogens with one attached hydrogen (secondary N) is 2. The first-order valence-corrected chi connectivity index (χ1v) is 12.9. The molecule has 0 aliphatic heterocycles. The van der Waals surface area contributed by atoms with Gasteiger partial charge in [0.2, 0.25) is 0 Å². The fraction of sp³-hybridized carbons (Fsp3) is 0.680. The highest BCUT2D eigenvalue weighted by Crippen LogP contribution is 2.15. The van der Waals surface area contributed by atoms with E-state index in [4.69, 9.17) is 28.6 Å². The first-order valence-electron chi connectivity index (χ1n) is 12.1. The molecule has 0 unspecified atom stereocenters. The molecule has 0 spiro atoms. The van der Waals surface area contributed by atoms with Crippen molar-refractivity contribution in [3.8, 4) is 5.75 Å². The second-order valence-corrected chi connectivity index (χ2v) is 8.99. The van der Waals surface area contributed by atoms with E-state index in [-0.39, 0.29) is 12.5 Å². The molecule has 0 radical (unpaired) electrons. The van der Waals surface area contributed by atoms with Gasteiger partial charge in [0, 0.05) is 11.6 Å². The van der Waals surface area contributed by atoms with Crippen molar-refractivity contribution >= 4 is 34.8 Å². The molecule has 0 aliphatic carbocycles. The molecule has 1 rings (SSSR count). The zero-order valence-electron chi connectivity index (χ0n) is 19.2. The van der Waals surface area contributed by atoms with Crippen LogP contribution in [0.15, 0.2) is 24.3 Å². The normalized spacial score (nSPS) is 10.6. The van der Waals surface area contributed by atoms with Crippen LogP contribution in [0.5, 0.6) is 5.75 Å². The van der Waals surface area contributed by atoms with Gasteiger partial charge in [0.1, 0.15) is 5.75 Å². The molecule has 31 heavy (non-hydrogen) atoms. The van der Waals surface area contributed by atoms with Gasteiger partial charge in [-0.05, 0) is 42.9 Å². The molecule has 1 aromatic rings. The third-order valence-corrected chi connectivity index (χ3v) is 5.75. The van der Waals surface area contributed by atoms with Crippen molar-refractivity contribution in [2.24, 2.45) is 0 Å². The van der Waals surface area contributed by atoms with E-state index in [0.29, 0.717) is 15.9 Å². The molecule has 2 N–H and O–H groups in total. The number of benzene rings is 1. The van der Waals surface area contributed by atoms with Crippen molar-refractivity contribution in [2.75, 3.05) is 13.2 Å². The number of halogens is 1. The fourth-order valence-corrected chi connectivity index (χ4v) is 3.75. The van der Waals surface area contributed by atoms with Gasteiger partial charge >= 0.3 is 0 Å². The van der Waals surface area contributed by atoms with Crippen LogP contribution in [0.3, 0.4) is 0 Å². The highest BCUT2D eigenvalue weighted by Gasteiger charge is 2.05. The van der Waals surface area contributed by atoms with Gasteiger partial charge in [0.15, 0.2) is 11.7 Å². The molecule has 0 aliphatic rings. The van der Waals surface area contributed by atoms with E-state index in [2.05, 4.69) is 17.6 Å². The Morgan fingerprint density at radius 3 is 1.84 bits per heavy atom. The van der Waals surface area contributed by atoms with E-state index in [0.717, 1.165) is 13.0 Å². The lowest BCUT2D eigenvalue weighted by Gasteiger charge is -2.10. The molecular weight excluding hydrogens is 428 g/mol. The first-order chi connectivity index (χ1) is 15.1. The molecule has 176 valence electrons. The van der Waals surface area contributed by atoms with Crippen LogP contribution in [0.1, 0.15) is 96.8 Å². The number of thiocarbonyl (C=S) groups is 1. The van der Waals surface area contributed by atoms with E-state index in [1.54, 1.807) is 24.3 Å². The maximum Gasteiger partial charge on any atom is 0.264 e. The average molecular weight is 469 g/mol. The van der Waals surface area contributed by atoms with Crippen LogP contribution >= 0.6 is 23.8 Å². The minimum atomic E-state index is -0.270. The monoisotopic (exact) mass is 468 g/mol. The Labute approximate surface area is 199 Å². The predicted octanol–water partition coefficient (Wildman–Crippen LogP) is 7.19. The van der Waals surface area contributed by atoms with Gasteiger partial charge in [-0.3, -0.25) is 4.79 Å². The third kappa shape index (κ3) is 17.0. The second-order valence-electron chi connectivity index (χ2n) is 8.14. The summed E-state index contributed by atoms with van der Waals surface area (Å²) in [6, 6.07) is 6.89. The summed E-state index contributed by atoms with van der Waals surface area (Å²) in [5, 5.41) is 6.72. The summed E-state index contributed by atoms with van der Waals surface area (Å²) in [4.78, 5) is 11.9. The second kappa shape index (κ2) is 19.4. The average Bonchev–Trinajstić information content (AvgIpc) is 2.76. The van der Waals surface area contributed by atoms with Crippen LogP contribution in [-0.4, -0.2) is 24.2 Å². The molecule has 4 nitrogen and oxygen atoms in total. The number of amides is 1. The topological polar surface area (TPSA) is 50.4 Å². The smallest absolute Gasteiger partial charge is 0.264 e. The van der Waals surface area contributed by atoms with Gasteiger partial charge in [-0.15, -0.1) is 0 Å². The number of rotatable bonds is 18. The summed E-state index contributed by atoms with van der Waals surface area (Å²) in [6.07, 6.45) is 18.8. The summed E-state index contributed by atoms with van der Waals surface area (Å²) in [5.41, 5.74) is 0. The highest BCUT2D eigenvalue weighted by atomic mass is 35.5. The summed E-state index contributed by atoms with van der Waals surface area (Å²) in [7, 11) is 0. The number of hydrogen-bond donors (Lipinski definition) is 2. The Kier molecular flexibility index (Phi) is 17.3. The lowest BCUT2D eigenvalue weighted by Crippen LogP contribution is -2.41. The van der Waals surface area contributed by atoms with Crippen molar-refractivity contribution < 1.29 is 9.53 Å². The molecule has 0 fully saturated rings. The van der Waals surface area contributed by atoms with Gasteiger partial charge in [0.25, 0.3) is 5.91 Å². The summed E-state index contributed by atoms with van der Waals surface area (Å²) >= 11 is 11.0. The van der Waals surface area contributed by atoms with E-state index < -0.39 is 0 Å². The van der Waals surface area contributed by atoms with Gasteiger partial charge in [-0.25, -0.2) is 0 Å². The molecule has 6 heteroatoms. The predicted molar refractivity (Wildman–Crippen MR) is 136 cm³/mol. The Balaban J connectivity index is 1.85. The Hall–Kier alpha value is -1.33. The van der Waals surface area contributed by atoms with Crippen LogP contribution in [0.25, 0.3) is 0 Å². The van der Waals surface area contributed by atoms with Crippen molar-refractivity contribution in [3.05, 3.63) is 29.3 Å². The van der Waals surface area contributed by atoms with E-state index >= 15 is 0 Å². The van der Waals surface area contributed by atoms with Crippen LogP contribution in [0, 0.1) is 0 Å². The quantitative estimate of drug-likeness (QED) is 0.177. The third-order valence-electron chi connectivity index (χ3n) is 5.25. The number of ether oxygens (including phenoxy) is 1. The zero-order valence-corrected chi connectivity index (χ0v) is 20.8. The van der Waals surface area contributed by atoms with Crippen LogP contribution in [0.2, 0.25) is 5.02 Å². The number of carbonyl (C=O) groups excluding carboxylic acids is 1. The lowest BCUT2D eigenvalue weighted by molar-refractivity contribution is -0.121. The molecule has 1 amide bonds. The molecule has 0 aromatic heterocycles. The minimum Gasteiger partial charge on any atom is -0.484 e. The Bertz CT molecular complexity index is 596. The van der Waals surface area contributed by atoms with Crippen molar-refractivity contribution in [1.82, 2.24) is 10.6 Å². The van der Waals surface area contributed by atoms with Crippen LogP contribution in [-0.2, 0) is 4.79 Å². The number of hydrogen-bond acceptors (Lipinski definition) is 3. The van der Waals surface area contributed by atoms with E-state index in [1.807, 2.05) is 0 Å². The molecular formula is C25H41ClN2O2S. The van der Waals surface area contributed by atoms with Crippen LogP contribution < -0.4 is 15.4 Å². The molecule has 0 saturated carbocycles. The molecule has 0 saturated heterocycles. The van der Waals surface area contributed by atoms with Gasteiger partial charge in [0.05, 0.1) is 0 Å². The van der Waals surface area contributed by atoms with Crippen LogP contribution in [0.4, 0.5) is 0 Å². The van der Waals surface area contributed by atoms with Crippen molar-refractivity contribution in [2.45, 2.75) is 96.8 Å². The first kappa shape index (κ1) is 27.7. The number of unbranched alkanes of at least 4 members (excludes halogenated alkanes) is 13. The van der Waals surface area contributed by atoms with E-state index in [9.17, 15) is 4.79 Å². The number of carbonyl (C=O) groups is 1. The zero-order chi connectivity index (χ0) is 22.6. The SMILES string of the molecule is CCCCCCCCCCCCCCCCNC(=S)NC(=O)COc1ccc(Cl)cc1. The molecule has 1 aromatic carbocycles. The maximum absolute atomic E-state index is 11.9.